The van der Waals surface area contributed by atoms with Gasteiger partial charge in [-0.25, -0.2) is 0 Å². The molecule has 8 heteroatoms. The van der Waals surface area contributed by atoms with Crippen molar-refractivity contribution in [1.82, 2.24) is 10.2 Å². The van der Waals surface area contributed by atoms with E-state index < -0.39 is 18.6 Å². The van der Waals surface area contributed by atoms with Crippen LogP contribution in [-0.4, -0.2) is 36.4 Å². The molecule has 1 unspecified atom stereocenters. The first kappa shape index (κ1) is 22.0. The lowest BCUT2D eigenvalue weighted by atomic mass is 10.0. The molecule has 1 N–H and O–H groups in total. The van der Waals surface area contributed by atoms with E-state index in [4.69, 9.17) is 4.42 Å². The second-order valence-electron chi connectivity index (χ2n) is 6.91. The Morgan fingerprint density at radius 2 is 1.71 bits per heavy atom. The highest BCUT2D eigenvalue weighted by Crippen LogP contribution is 2.16. The van der Waals surface area contributed by atoms with Crippen molar-refractivity contribution in [2.75, 3.05) is 7.05 Å². The van der Waals surface area contributed by atoms with Crippen molar-refractivity contribution in [1.29, 1.82) is 0 Å². The standard InChI is InChI=1S/C23H22F2N2O4/c1-27(15-17-9-11-18(12-10-17)31-23(24)25)22(29)19(14-16-6-3-2-4-7-16)26-21(28)20-8-5-13-30-20/h2-13,19,23H,14-15H2,1H3,(H,26,28). The molecule has 2 amide bonds. The predicted octanol–water partition coefficient (Wildman–Crippen LogP) is 3.88. The molecule has 0 aliphatic heterocycles. The predicted molar refractivity (Wildman–Crippen MR) is 110 cm³/mol. The molecule has 3 aromatic rings. The third-order valence-corrected chi connectivity index (χ3v) is 4.58. The number of likely N-dealkylation sites (N-methyl/N-ethyl adjacent to an activating group) is 1. The van der Waals surface area contributed by atoms with E-state index >= 15 is 0 Å². The molecule has 1 heterocycles. The lowest BCUT2D eigenvalue weighted by Crippen LogP contribution is -2.48. The van der Waals surface area contributed by atoms with Crippen LogP contribution in [0.3, 0.4) is 0 Å². The summed E-state index contributed by atoms with van der Waals surface area (Å²) in [5, 5.41) is 2.74. The van der Waals surface area contributed by atoms with Gasteiger partial charge in [0.15, 0.2) is 5.76 Å². The number of nitrogens with zero attached hydrogens (tertiary/aromatic N) is 1. The van der Waals surface area contributed by atoms with Crippen molar-refractivity contribution in [3.8, 4) is 5.75 Å². The van der Waals surface area contributed by atoms with E-state index in [1.807, 2.05) is 30.3 Å². The molecule has 162 valence electrons. The molecule has 2 aromatic carbocycles. The molecule has 6 nitrogen and oxygen atoms in total. The minimum Gasteiger partial charge on any atom is -0.459 e. The Morgan fingerprint density at radius 3 is 2.32 bits per heavy atom. The van der Waals surface area contributed by atoms with E-state index in [0.717, 1.165) is 11.1 Å². The summed E-state index contributed by atoms with van der Waals surface area (Å²) in [5.41, 5.74) is 1.62. The summed E-state index contributed by atoms with van der Waals surface area (Å²) in [6.45, 7) is -2.66. The number of furan rings is 1. The first-order chi connectivity index (χ1) is 14.9. The first-order valence-corrected chi connectivity index (χ1v) is 9.59. The maximum absolute atomic E-state index is 13.1. The van der Waals surface area contributed by atoms with Gasteiger partial charge in [-0.1, -0.05) is 42.5 Å². The van der Waals surface area contributed by atoms with Crippen LogP contribution in [-0.2, 0) is 17.8 Å². The molecule has 0 bridgehead atoms. The molecular weight excluding hydrogens is 406 g/mol. The summed E-state index contributed by atoms with van der Waals surface area (Å²) >= 11 is 0. The molecule has 0 spiro atoms. The second kappa shape index (κ2) is 10.4. The highest BCUT2D eigenvalue weighted by molar-refractivity contribution is 5.95. The zero-order valence-electron chi connectivity index (χ0n) is 16.8. The normalized spacial score (nSPS) is 11.7. The zero-order chi connectivity index (χ0) is 22.2. The molecule has 0 saturated carbocycles. The summed E-state index contributed by atoms with van der Waals surface area (Å²) in [6.07, 6.45) is 1.69. The Kier molecular flexibility index (Phi) is 7.37. The quantitative estimate of drug-likeness (QED) is 0.562. The number of amides is 2. The summed E-state index contributed by atoms with van der Waals surface area (Å²) in [7, 11) is 1.61. The lowest BCUT2D eigenvalue weighted by Gasteiger charge is -2.25. The molecule has 0 radical (unpaired) electrons. The van der Waals surface area contributed by atoms with Gasteiger partial charge in [0.05, 0.1) is 6.26 Å². The van der Waals surface area contributed by atoms with Gasteiger partial charge in [-0.15, -0.1) is 0 Å². The van der Waals surface area contributed by atoms with Crippen LogP contribution in [0.1, 0.15) is 21.7 Å². The number of carbonyl (C=O) groups is 2. The van der Waals surface area contributed by atoms with Gasteiger partial charge in [0.2, 0.25) is 5.91 Å². The van der Waals surface area contributed by atoms with Gasteiger partial charge in [-0.3, -0.25) is 9.59 Å². The minimum absolute atomic E-state index is 0.0420. The van der Waals surface area contributed by atoms with Gasteiger partial charge < -0.3 is 19.4 Å². The smallest absolute Gasteiger partial charge is 0.387 e. The van der Waals surface area contributed by atoms with Gasteiger partial charge in [0.1, 0.15) is 11.8 Å². The molecule has 0 aliphatic carbocycles. The van der Waals surface area contributed by atoms with Crippen LogP contribution < -0.4 is 10.1 Å². The molecular formula is C23H22F2N2O4. The van der Waals surface area contributed by atoms with Crippen LogP contribution in [0.25, 0.3) is 0 Å². The van der Waals surface area contributed by atoms with Gasteiger partial charge in [0, 0.05) is 20.0 Å². The number of nitrogens with one attached hydrogen (secondary N) is 1. The number of alkyl halides is 2. The Morgan fingerprint density at radius 1 is 1.00 bits per heavy atom. The number of halogens is 2. The SMILES string of the molecule is CN(Cc1ccc(OC(F)F)cc1)C(=O)C(Cc1ccccc1)NC(=O)c1ccco1. The van der Waals surface area contributed by atoms with Crippen LogP contribution in [0.5, 0.6) is 5.75 Å². The van der Waals surface area contributed by atoms with Crippen molar-refractivity contribution in [3.05, 3.63) is 89.9 Å². The third-order valence-electron chi connectivity index (χ3n) is 4.58. The fraction of sp³-hybridized carbons (Fsp3) is 0.217. The molecule has 0 saturated heterocycles. The Labute approximate surface area is 178 Å². The van der Waals surface area contributed by atoms with Crippen molar-refractivity contribution in [2.24, 2.45) is 0 Å². The molecule has 1 aromatic heterocycles. The summed E-state index contributed by atoms with van der Waals surface area (Å²) in [5.74, 6) is -0.624. The Hall–Kier alpha value is -3.68. The Balaban J connectivity index is 1.70. The van der Waals surface area contributed by atoms with Crippen LogP contribution in [0.15, 0.2) is 77.4 Å². The molecule has 31 heavy (non-hydrogen) atoms. The topological polar surface area (TPSA) is 71.8 Å². The van der Waals surface area contributed by atoms with Gasteiger partial charge in [0.25, 0.3) is 5.91 Å². The zero-order valence-corrected chi connectivity index (χ0v) is 16.8. The van der Waals surface area contributed by atoms with E-state index in [2.05, 4.69) is 10.1 Å². The summed E-state index contributed by atoms with van der Waals surface area (Å²) in [6, 6.07) is 17.7. The molecule has 0 aliphatic rings. The summed E-state index contributed by atoms with van der Waals surface area (Å²) in [4.78, 5) is 27.1. The number of ether oxygens (including phenoxy) is 1. The van der Waals surface area contributed by atoms with Crippen LogP contribution >= 0.6 is 0 Å². The van der Waals surface area contributed by atoms with Crippen LogP contribution in [0, 0.1) is 0 Å². The number of benzene rings is 2. The molecule has 0 fully saturated rings. The fourth-order valence-electron chi connectivity index (χ4n) is 3.08. The minimum atomic E-state index is -2.90. The highest BCUT2D eigenvalue weighted by atomic mass is 19.3. The van der Waals surface area contributed by atoms with Crippen LogP contribution in [0.4, 0.5) is 8.78 Å². The largest absolute Gasteiger partial charge is 0.459 e. The molecule has 1 atom stereocenters. The fourth-order valence-corrected chi connectivity index (χ4v) is 3.08. The van der Waals surface area contributed by atoms with E-state index in [0.29, 0.717) is 6.42 Å². The maximum Gasteiger partial charge on any atom is 0.387 e. The monoisotopic (exact) mass is 428 g/mol. The van der Waals surface area contributed by atoms with Gasteiger partial charge >= 0.3 is 6.61 Å². The average molecular weight is 428 g/mol. The van der Waals surface area contributed by atoms with Gasteiger partial charge in [-0.05, 0) is 35.4 Å². The number of carbonyl (C=O) groups excluding carboxylic acids is 2. The van der Waals surface area contributed by atoms with E-state index in [1.54, 1.807) is 25.2 Å². The van der Waals surface area contributed by atoms with E-state index in [-0.39, 0.29) is 24.0 Å². The van der Waals surface area contributed by atoms with Crippen molar-refractivity contribution in [2.45, 2.75) is 25.6 Å². The number of hydrogen-bond acceptors (Lipinski definition) is 4. The maximum atomic E-state index is 13.1. The van der Waals surface area contributed by atoms with E-state index in [1.165, 1.54) is 29.4 Å². The van der Waals surface area contributed by atoms with E-state index in [9.17, 15) is 18.4 Å². The number of rotatable bonds is 9. The molecule has 3 rings (SSSR count). The van der Waals surface area contributed by atoms with Crippen molar-refractivity contribution in [3.63, 3.8) is 0 Å². The van der Waals surface area contributed by atoms with Crippen LogP contribution in [0.2, 0.25) is 0 Å². The average Bonchev–Trinajstić information content (AvgIpc) is 3.29. The highest BCUT2D eigenvalue weighted by Gasteiger charge is 2.26. The lowest BCUT2D eigenvalue weighted by molar-refractivity contribution is -0.132. The first-order valence-electron chi connectivity index (χ1n) is 9.59. The van der Waals surface area contributed by atoms with Crippen molar-refractivity contribution >= 4 is 11.8 Å². The summed E-state index contributed by atoms with van der Waals surface area (Å²) < 4.78 is 34.0. The third kappa shape index (κ3) is 6.40. The van der Waals surface area contributed by atoms with Gasteiger partial charge in [-0.2, -0.15) is 8.78 Å². The second-order valence-corrected chi connectivity index (χ2v) is 6.91. The number of hydrogen-bond donors (Lipinski definition) is 1. The Bertz CT molecular complexity index is 977. The van der Waals surface area contributed by atoms with Crippen molar-refractivity contribution < 1.29 is 27.5 Å².